The number of unbranched alkanes of at least 4 members (excludes halogenated alkanes) is 1. The molecule has 0 radical (unpaired) electrons. The first kappa shape index (κ1) is 18.4. The molecule has 2 rings (SSSR count). The van der Waals surface area contributed by atoms with Gasteiger partial charge in [-0.2, -0.15) is 0 Å². The van der Waals surface area contributed by atoms with E-state index in [1.54, 1.807) is 37.3 Å². The Morgan fingerprint density at radius 3 is 2.52 bits per heavy atom. The first-order valence-corrected chi connectivity index (χ1v) is 8.12. The van der Waals surface area contributed by atoms with Gasteiger partial charge in [-0.15, -0.1) is 0 Å². The summed E-state index contributed by atoms with van der Waals surface area (Å²) in [5, 5.41) is 5.94. The number of benzene rings is 1. The lowest BCUT2D eigenvalue weighted by Gasteiger charge is -2.09. The van der Waals surface area contributed by atoms with E-state index in [9.17, 15) is 9.59 Å². The van der Waals surface area contributed by atoms with Crippen LogP contribution in [0.5, 0.6) is 0 Å². The van der Waals surface area contributed by atoms with Gasteiger partial charge in [-0.05, 0) is 37.6 Å². The van der Waals surface area contributed by atoms with E-state index in [1.807, 2.05) is 0 Å². The molecule has 1 amide bonds. The van der Waals surface area contributed by atoms with Crippen LogP contribution >= 0.6 is 0 Å². The lowest BCUT2D eigenvalue weighted by atomic mass is 10.2. The average Bonchev–Trinajstić information content (AvgIpc) is 2.61. The van der Waals surface area contributed by atoms with Crippen molar-refractivity contribution in [1.29, 1.82) is 0 Å². The third-order valence-electron chi connectivity index (χ3n) is 3.46. The molecule has 2 aromatic rings. The molecular formula is C18H22N4O3. The molecule has 0 atom stereocenters. The number of carbonyl (C=O) groups is 2. The summed E-state index contributed by atoms with van der Waals surface area (Å²) >= 11 is 0. The van der Waals surface area contributed by atoms with Crippen LogP contribution in [-0.2, 0) is 4.74 Å². The molecule has 0 aliphatic rings. The third kappa shape index (κ3) is 5.27. The van der Waals surface area contributed by atoms with Gasteiger partial charge in [0.2, 0.25) is 0 Å². The minimum Gasteiger partial charge on any atom is -0.465 e. The van der Waals surface area contributed by atoms with Gasteiger partial charge in [0.15, 0.2) is 0 Å². The van der Waals surface area contributed by atoms with Crippen molar-refractivity contribution in [1.82, 2.24) is 15.3 Å². The van der Waals surface area contributed by atoms with E-state index in [2.05, 4.69) is 32.3 Å². The quantitative estimate of drug-likeness (QED) is 0.594. The minimum absolute atomic E-state index is 0.219. The highest BCUT2D eigenvalue weighted by atomic mass is 16.5. The van der Waals surface area contributed by atoms with Crippen molar-refractivity contribution in [2.24, 2.45) is 0 Å². The largest absolute Gasteiger partial charge is 0.465 e. The van der Waals surface area contributed by atoms with Gasteiger partial charge in [0.25, 0.3) is 5.91 Å². The Balaban J connectivity index is 2.11. The van der Waals surface area contributed by atoms with E-state index in [-0.39, 0.29) is 5.91 Å². The topological polar surface area (TPSA) is 93.2 Å². The molecule has 2 N–H and O–H groups in total. The molecule has 0 aliphatic heterocycles. The summed E-state index contributed by atoms with van der Waals surface area (Å²) in [6.45, 7) is 4.42. The Bertz CT molecular complexity index is 744. The summed E-state index contributed by atoms with van der Waals surface area (Å²) in [6.07, 6.45) is 1.94. The standard InChI is InChI=1S/C18H22N4O3/c1-4-5-10-19-17(23)15-11-16(21-12(2)20-15)22-14-8-6-13(7-9-14)18(24)25-3/h6-9,11H,4-5,10H2,1-3H3,(H,19,23)(H,20,21,22). The number of rotatable bonds is 7. The van der Waals surface area contributed by atoms with Gasteiger partial charge in [-0.3, -0.25) is 4.79 Å². The minimum atomic E-state index is -0.393. The van der Waals surface area contributed by atoms with Gasteiger partial charge >= 0.3 is 5.97 Å². The van der Waals surface area contributed by atoms with Gasteiger partial charge in [0.1, 0.15) is 17.3 Å². The predicted octanol–water partition coefficient (Wildman–Crippen LogP) is 2.85. The molecule has 0 aliphatic carbocycles. The highest BCUT2D eigenvalue weighted by Gasteiger charge is 2.10. The number of methoxy groups -OCH3 is 1. The lowest BCUT2D eigenvalue weighted by molar-refractivity contribution is 0.0600. The Labute approximate surface area is 146 Å². The molecule has 132 valence electrons. The maximum Gasteiger partial charge on any atom is 0.337 e. The summed E-state index contributed by atoms with van der Waals surface area (Å²) < 4.78 is 4.67. The maximum atomic E-state index is 12.1. The van der Waals surface area contributed by atoms with Crippen LogP contribution in [0.3, 0.4) is 0 Å². The number of ether oxygens (including phenoxy) is 1. The second kappa shape index (κ2) is 8.77. The number of anilines is 2. The number of hydrogen-bond donors (Lipinski definition) is 2. The number of aryl methyl sites for hydroxylation is 1. The first-order valence-electron chi connectivity index (χ1n) is 8.12. The molecule has 25 heavy (non-hydrogen) atoms. The fourth-order valence-electron chi connectivity index (χ4n) is 2.17. The van der Waals surface area contributed by atoms with E-state index in [0.717, 1.165) is 18.5 Å². The summed E-state index contributed by atoms with van der Waals surface area (Å²) in [5.41, 5.74) is 1.52. The van der Waals surface area contributed by atoms with Crippen LogP contribution < -0.4 is 10.6 Å². The number of carbonyl (C=O) groups excluding carboxylic acids is 2. The monoisotopic (exact) mass is 342 g/mol. The zero-order valence-corrected chi connectivity index (χ0v) is 14.6. The third-order valence-corrected chi connectivity index (χ3v) is 3.46. The van der Waals surface area contributed by atoms with Crippen molar-refractivity contribution in [2.45, 2.75) is 26.7 Å². The van der Waals surface area contributed by atoms with Gasteiger partial charge in [-0.1, -0.05) is 13.3 Å². The number of amides is 1. The van der Waals surface area contributed by atoms with Crippen molar-refractivity contribution in [2.75, 3.05) is 19.0 Å². The second-order valence-corrected chi connectivity index (χ2v) is 5.49. The molecular weight excluding hydrogens is 320 g/mol. The van der Waals surface area contributed by atoms with E-state index in [0.29, 0.717) is 29.4 Å². The normalized spacial score (nSPS) is 10.2. The highest BCUT2D eigenvalue weighted by molar-refractivity contribution is 5.93. The molecule has 7 nitrogen and oxygen atoms in total. The molecule has 0 saturated carbocycles. The van der Waals surface area contributed by atoms with Crippen LogP contribution in [0, 0.1) is 6.92 Å². The van der Waals surface area contributed by atoms with Crippen molar-refractivity contribution < 1.29 is 14.3 Å². The zero-order chi connectivity index (χ0) is 18.2. The summed E-state index contributed by atoms with van der Waals surface area (Å²) in [4.78, 5) is 32.1. The number of hydrogen-bond acceptors (Lipinski definition) is 6. The fraction of sp³-hybridized carbons (Fsp3) is 0.333. The second-order valence-electron chi connectivity index (χ2n) is 5.49. The summed E-state index contributed by atoms with van der Waals surface area (Å²) in [6, 6.07) is 8.39. The van der Waals surface area contributed by atoms with Crippen molar-refractivity contribution in [3.8, 4) is 0 Å². The van der Waals surface area contributed by atoms with Crippen molar-refractivity contribution in [3.63, 3.8) is 0 Å². The van der Waals surface area contributed by atoms with Crippen LogP contribution in [0.15, 0.2) is 30.3 Å². The molecule has 0 bridgehead atoms. The Hall–Kier alpha value is -2.96. The fourth-order valence-corrected chi connectivity index (χ4v) is 2.17. The molecule has 1 aromatic heterocycles. The number of nitrogens with one attached hydrogen (secondary N) is 2. The summed E-state index contributed by atoms with van der Waals surface area (Å²) in [5.74, 6) is 0.397. The Morgan fingerprint density at radius 1 is 1.16 bits per heavy atom. The maximum absolute atomic E-state index is 12.1. The van der Waals surface area contributed by atoms with Gasteiger partial charge < -0.3 is 15.4 Å². The molecule has 7 heteroatoms. The van der Waals surface area contributed by atoms with Gasteiger partial charge in [0.05, 0.1) is 12.7 Å². The van der Waals surface area contributed by atoms with Crippen LogP contribution in [0.4, 0.5) is 11.5 Å². The van der Waals surface area contributed by atoms with E-state index in [1.165, 1.54) is 7.11 Å². The number of nitrogens with zero attached hydrogens (tertiary/aromatic N) is 2. The average molecular weight is 342 g/mol. The smallest absolute Gasteiger partial charge is 0.337 e. The van der Waals surface area contributed by atoms with Crippen LogP contribution in [-0.4, -0.2) is 35.5 Å². The van der Waals surface area contributed by atoms with E-state index < -0.39 is 5.97 Å². The van der Waals surface area contributed by atoms with Gasteiger partial charge in [0, 0.05) is 18.3 Å². The molecule has 0 fully saturated rings. The lowest BCUT2D eigenvalue weighted by Crippen LogP contribution is -2.25. The molecule has 0 spiro atoms. The predicted molar refractivity (Wildman–Crippen MR) is 95.1 cm³/mol. The van der Waals surface area contributed by atoms with Gasteiger partial charge in [-0.25, -0.2) is 14.8 Å². The number of esters is 1. The molecule has 1 aromatic carbocycles. The Kier molecular flexibility index (Phi) is 6.45. The molecule has 1 heterocycles. The molecule has 0 unspecified atom stereocenters. The zero-order valence-electron chi connectivity index (χ0n) is 14.6. The van der Waals surface area contributed by atoms with E-state index in [4.69, 9.17) is 0 Å². The van der Waals surface area contributed by atoms with Crippen LogP contribution in [0.25, 0.3) is 0 Å². The van der Waals surface area contributed by atoms with Crippen LogP contribution in [0.2, 0.25) is 0 Å². The summed E-state index contributed by atoms with van der Waals surface area (Å²) in [7, 11) is 1.34. The van der Waals surface area contributed by atoms with Crippen molar-refractivity contribution in [3.05, 3.63) is 47.4 Å². The number of aromatic nitrogens is 2. The first-order chi connectivity index (χ1) is 12.0. The highest BCUT2D eigenvalue weighted by Crippen LogP contribution is 2.17. The molecule has 0 saturated heterocycles. The SMILES string of the molecule is CCCCNC(=O)c1cc(Nc2ccc(C(=O)OC)cc2)nc(C)n1. The van der Waals surface area contributed by atoms with E-state index >= 15 is 0 Å². The van der Waals surface area contributed by atoms with Crippen LogP contribution in [0.1, 0.15) is 46.4 Å². The van der Waals surface area contributed by atoms with Crippen molar-refractivity contribution >= 4 is 23.4 Å². The Morgan fingerprint density at radius 2 is 1.88 bits per heavy atom.